The van der Waals surface area contributed by atoms with Crippen LogP contribution >= 0.6 is 11.6 Å². The Bertz CT molecular complexity index is 792. The predicted molar refractivity (Wildman–Crippen MR) is 97.6 cm³/mol. The van der Waals surface area contributed by atoms with Crippen LogP contribution in [0.25, 0.3) is 0 Å². The van der Waals surface area contributed by atoms with E-state index in [0.29, 0.717) is 23.6 Å². The van der Waals surface area contributed by atoms with Gasteiger partial charge in [-0.2, -0.15) is 5.10 Å². The third-order valence-electron chi connectivity index (χ3n) is 4.12. The number of rotatable bonds is 5. The van der Waals surface area contributed by atoms with Gasteiger partial charge in [-0.25, -0.2) is 5.43 Å². The highest BCUT2D eigenvalue weighted by atomic mass is 35.5. The van der Waals surface area contributed by atoms with Crippen LogP contribution in [0.5, 0.6) is 0 Å². The van der Waals surface area contributed by atoms with Crippen molar-refractivity contribution in [1.29, 1.82) is 0 Å². The van der Waals surface area contributed by atoms with E-state index in [4.69, 9.17) is 11.6 Å². The highest BCUT2D eigenvalue weighted by Crippen LogP contribution is 2.27. The number of benzene rings is 2. The monoisotopic (exact) mass is 355 g/mol. The lowest BCUT2D eigenvalue weighted by Crippen LogP contribution is -2.36. The van der Waals surface area contributed by atoms with Crippen LogP contribution in [0.3, 0.4) is 0 Å². The highest BCUT2D eigenvalue weighted by molar-refractivity contribution is 6.33. The minimum absolute atomic E-state index is 0.00201. The fourth-order valence-corrected chi connectivity index (χ4v) is 3.02. The first-order chi connectivity index (χ1) is 12.1. The van der Waals surface area contributed by atoms with Gasteiger partial charge in [-0.3, -0.25) is 9.59 Å². The van der Waals surface area contributed by atoms with Crippen LogP contribution in [0.15, 0.2) is 59.7 Å². The van der Waals surface area contributed by atoms with Crippen molar-refractivity contribution in [2.75, 3.05) is 13.1 Å². The molecule has 2 amide bonds. The summed E-state index contributed by atoms with van der Waals surface area (Å²) in [6.07, 6.45) is 1.92. The zero-order valence-corrected chi connectivity index (χ0v) is 14.3. The van der Waals surface area contributed by atoms with Crippen molar-refractivity contribution in [3.63, 3.8) is 0 Å². The van der Waals surface area contributed by atoms with E-state index in [0.717, 1.165) is 5.56 Å². The van der Waals surface area contributed by atoms with Gasteiger partial charge in [0.15, 0.2) is 0 Å². The molecule has 0 spiro atoms. The molecule has 6 heteroatoms. The summed E-state index contributed by atoms with van der Waals surface area (Å²) < 4.78 is 0. The Balaban J connectivity index is 1.53. The molecule has 0 unspecified atom stereocenters. The Morgan fingerprint density at radius 2 is 1.92 bits per heavy atom. The number of hydrogen-bond acceptors (Lipinski definition) is 3. The molecule has 1 N–H and O–H groups in total. The van der Waals surface area contributed by atoms with Crippen molar-refractivity contribution >= 4 is 29.6 Å². The number of hydrogen-bond donors (Lipinski definition) is 1. The second-order valence-electron chi connectivity index (χ2n) is 5.90. The summed E-state index contributed by atoms with van der Waals surface area (Å²) in [5, 5.41) is 4.46. The Morgan fingerprint density at radius 3 is 2.68 bits per heavy atom. The first kappa shape index (κ1) is 17.2. The summed E-state index contributed by atoms with van der Waals surface area (Å²) in [6, 6.07) is 17.1. The number of nitrogens with zero attached hydrogens (tertiary/aromatic N) is 2. The minimum atomic E-state index is -0.328. The van der Waals surface area contributed by atoms with Crippen LogP contribution in [0.4, 0.5) is 0 Å². The van der Waals surface area contributed by atoms with Crippen LogP contribution < -0.4 is 5.43 Å². The first-order valence-corrected chi connectivity index (χ1v) is 8.40. The molecule has 0 aromatic heterocycles. The molecule has 25 heavy (non-hydrogen) atoms. The summed E-state index contributed by atoms with van der Waals surface area (Å²) in [7, 11) is 0. The molecule has 0 aliphatic carbocycles. The Labute approximate surface area is 151 Å². The number of halogens is 1. The number of likely N-dealkylation sites (tertiary alicyclic amines) is 1. The van der Waals surface area contributed by atoms with Crippen LogP contribution in [0.2, 0.25) is 5.02 Å². The van der Waals surface area contributed by atoms with Crippen LogP contribution in [-0.2, 0) is 9.59 Å². The summed E-state index contributed by atoms with van der Waals surface area (Å²) in [5.41, 5.74) is 4.27. The first-order valence-electron chi connectivity index (χ1n) is 8.02. The van der Waals surface area contributed by atoms with Crippen molar-refractivity contribution in [2.24, 2.45) is 5.10 Å². The number of carbonyl (C=O) groups is 2. The van der Waals surface area contributed by atoms with E-state index in [-0.39, 0.29) is 24.3 Å². The van der Waals surface area contributed by atoms with Crippen molar-refractivity contribution in [1.82, 2.24) is 10.3 Å². The molecule has 0 radical (unpaired) electrons. The van der Waals surface area contributed by atoms with Gasteiger partial charge in [-0.1, -0.05) is 60.1 Å². The lowest BCUT2D eigenvalue weighted by Gasteiger charge is -2.15. The van der Waals surface area contributed by atoms with Gasteiger partial charge >= 0.3 is 0 Å². The minimum Gasteiger partial charge on any atom is -0.333 e. The van der Waals surface area contributed by atoms with E-state index >= 15 is 0 Å². The normalized spacial score (nSPS) is 17.2. The van der Waals surface area contributed by atoms with E-state index in [2.05, 4.69) is 10.5 Å². The molecule has 2 aromatic carbocycles. The maximum absolute atomic E-state index is 12.1. The molecule has 1 saturated heterocycles. The van der Waals surface area contributed by atoms with Gasteiger partial charge in [-0.15, -0.1) is 0 Å². The second-order valence-corrected chi connectivity index (χ2v) is 6.31. The lowest BCUT2D eigenvalue weighted by molar-refractivity contribution is -0.133. The number of carbonyl (C=O) groups excluding carboxylic acids is 2. The smallest absolute Gasteiger partial charge is 0.259 e. The van der Waals surface area contributed by atoms with E-state index in [1.807, 2.05) is 42.5 Å². The van der Waals surface area contributed by atoms with Gasteiger partial charge in [-0.05, 0) is 11.6 Å². The number of hydrazone groups is 1. The van der Waals surface area contributed by atoms with E-state index in [1.165, 1.54) is 6.21 Å². The maximum Gasteiger partial charge on any atom is 0.259 e. The molecule has 1 atom stereocenters. The molecule has 5 nitrogen and oxygen atoms in total. The maximum atomic E-state index is 12.1. The zero-order chi connectivity index (χ0) is 17.6. The van der Waals surface area contributed by atoms with E-state index in [1.54, 1.807) is 17.0 Å². The molecule has 0 saturated carbocycles. The summed E-state index contributed by atoms with van der Waals surface area (Å²) in [6.45, 7) is 0.548. The van der Waals surface area contributed by atoms with Crippen molar-refractivity contribution < 1.29 is 9.59 Å². The van der Waals surface area contributed by atoms with Gasteiger partial charge in [0, 0.05) is 29.5 Å². The summed E-state index contributed by atoms with van der Waals surface area (Å²) >= 11 is 6.01. The average molecular weight is 356 g/mol. The van der Waals surface area contributed by atoms with Crippen LogP contribution in [0, 0.1) is 0 Å². The van der Waals surface area contributed by atoms with E-state index in [9.17, 15) is 9.59 Å². The molecule has 1 fully saturated rings. The van der Waals surface area contributed by atoms with Gasteiger partial charge in [0.1, 0.15) is 6.54 Å². The van der Waals surface area contributed by atoms with Crippen LogP contribution in [-0.4, -0.2) is 36.0 Å². The fourth-order valence-electron chi connectivity index (χ4n) is 2.84. The second kappa shape index (κ2) is 7.94. The largest absolute Gasteiger partial charge is 0.333 e. The third-order valence-corrected chi connectivity index (χ3v) is 4.46. The molecule has 128 valence electrons. The number of nitrogens with one attached hydrogen (secondary N) is 1. The van der Waals surface area contributed by atoms with Gasteiger partial charge in [0.2, 0.25) is 5.91 Å². The third kappa shape index (κ3) is 4.45. The average Bonchev–Trinajstić information content (AvgIpc) is 2.98. The van der Waals surface area contributed by atoms with Gasteiger partial charge in [0.05, 0.1) is 6.21 Å². The van der Waals surface area contributed by atoms with Gasteiger partial charge in [0.25, 0.3) is 5.91 Å². The zero-order valence-electron chi connectivity index (χ0n) is 13.6. The summed E-state index contributed by atoms with van der Waals surface area (Å²) in [4.78, 5) is 25.7. The molecule has 0 bridgehead atoms. The Morgan fingerprint density at radius 1 is 1.20 bits per heavy atom. The molecular formula is C19H18ClN3O2. The summed E-state index contributed by atoms with van der Waals surface area (Å²) in [5.74, 6) is -0.211. The molecule has 2 aromatic rings. The lowest BCUT2D eigenvalue weighted by atomic mass is 9.99. The quantitative estimate of drug-likeness (QED) is 0.662. The SMILES string of the molecule is O=C(CN1C[C@H](c2ccccc2)CC1=O)N/N=C\c1ccccc1Cl. The van der Waals surface area contributed by atoms with Crippen LogP contribution in [0.1, 0.15) is 23.5 Å². The topological polar surface area (TPSA) is 61.8 Å². The predicted octanol–water partition coefficient (Wildman–Crippen LogP) is 2.81. The van der Waals surface area contributed by atoms with E-state index < -0.39 is 0 Å². The standard InChI is InChI=1S/C19H18ClN3O2/c20-17-9-5-4-8-15(17)11-21-22-18(24)13-23-12-16(10-19(23)25)14-6-2-1-3-7-14/h1-9,11,16H,10,12-13H2,(H,22,24)/b21-11-/t16-/m1/s1. The Kier molecular flexibility index (Phi) is 5.46. The highest BCUT2D eigenvalue weighted by Gasteiger charge is 2.31. The number of amides is 2. The van der Waals surface area contributed by atoms with Gasteiger partial charge < -0.3 is 4.90 Å². The van der Waals surface area contributed by atoms with Crippen molar-refractivity contribution in [3.8, 4) is 0 Å². The molecule has 1 aliphatic rings. The molecular weight excluding hydrogens is 338 g/mol. The molecule has 3 rings (SSSR count). The fraction of sp³-hybridized carbons (Fsp3) is 0.211. The molecule has 1 aliphatic heterocycles. The van der Waals surface area contributed by atoms with Crippen molar-refractivity contribution in [3.05, 3.63) is 70.7 Å². The molecule has 1 heterocycles. The van der Waals surface area contributed by atoms with Crippen molar-refractivity contribution in [2.45, 2.75) is 12.3 Å². The Hall–Kier alpha value is -2.66.